The first-order chi connectivity index (χ1) is 23.1. The average molecular weight is 665 g/mol. The van der Waals surface area contributed by atoms with Gasteiger partial charge in [-0.2, -0.15) is 5.10 Å². The van der Waals surface area contributed by atoms with Gasteiger partial charge in [0.1, 0.15) is 12.4 Å². The van der Waals surface area contributed by atoms with Crippen molar-refractivity contribution in [2.24, 2.45) is 0 Å². The number of ether oxygens (including phenoxy) is 3. The minimum atomic E-state index is -1.08. The molecule has 8 nitrogen and oxygen atoms in total. The SMILES string of the molecule is COC(=O)C(OC(C)(C)C)c1c(C)nc2cc3nn2c1-c1ccc2c(c1Cl)N(CCCCCc1ccccc1-c1cccc-3c1)CCO2. The zero-order chi connectivity index (χ0) is 33.6. The van der Waals surface area contributed by atoms with Crippen LogP contribution in [0.15, 0.2) is 66.7 Å². The minimum Gasteiger partial charge on any atom is -0.490 e. The zero-order valence-electron chi connectivity index (χ0n) is 28.2. The third-order valence-corrected chi connectivity index (χ3v) is 9.49. The number of carbonyl (C=O) groups excluding carboxylic acids is 1. The van der Waals surface area contributed by atoms with Crippen molar-refractivity contribution in [3.8, 4) is 39.4 Å². The number of aromatic nitrogens is 3. The average Bonchev–Trinajstić information content (AvgIpc) is 3.50. The number of benzene rings is 3. The molecule has 0 saturated heterocycles. The Bertz CT molecular complexity index is 2010. The van der Waals surface area contributed by atoms with E-state index >= 15 is 0 Å². The Morgan fingerprint density at radius 1 is 0.958 bits per heavy atom. The molecule has 9 heteroatoms. The maximum Gasteiger partial charge on any atom is 0.339 e. The number of esters is 1. The summed E-state index contributed by atoms with van der Waals surface area (Å²) in [5.74, 6) is 0.220. The lowest BCUT2D eigenvalue weighted by molar-refractivity contribution is -0.164. The second kappa shape index (κ2) is 12.9. The Kier molecular flexibility index (Phi) is 8.64. The van der Waals surface area contributed by atoms with E-state index in [0.717, 1.165) is 67.0 Å². The molecule has 0 fully saturated rings. The largest absolute Gasteiger partial charge is 0.490 e. The van der Waals surface area contributed by atoms with E-state index in [1.54, 1.807) is 4.52 Å². The second-order valence-corrected chi connectivity index (χ2v) is 13.9. The summed E-state index contributed by atoms with van der Waals surface area (Å²) in [4.78, 5) is 20.8. The fraction of sp³-hybridized carbons (Fsp3) is 0.359. The molecule has 2 aliphatic heterocycles. The van der Waals surface area contributed by atoms with Crippen LogP contribution in [0.4, 0.5) is 5.69 Å². The molecule has 0 radical (unpaired) electrons. The number of anilines is 1. The Balaban J connectivity index is 1.53. The van der Waals surface area contributed by atoms with Gasteiger partial charge in [0, 0.05) is 35.0 Å². The quantitative estimate of drug-likeness (QED) is 0.179. The van der Waals surface area contributed by atoms with E-state index < -0.39 is 17.7 Å². The number of rotatable bonds is 3. The van der Waals surface area contributed by atoms with Gasteiger partial charge in [-0.25, -0.2) is 14.3 Å². The predicted octanol–water partition coefficient (Wildman–Crippen LogP) is 8.65. The number of halogens is 1. The monoisotopic (exact) mass is 664 g/mol. The normalized spacial score (nSPS) is 15.3. The second-order valence-electron chi connectivity index (χ2n) is 13.6. The van der Waals surface area contributed by atoms with Gasteiger partial charge < -0.3 is 19.1 Å². The zero-order valence-corrected chi connectivity index (χ0v) is 28.9. The van der Waals surface area contributed by atoms with Gasteiger partial charge in [0.2, 0.25) is 0 Å². The topological polar surface area (TPSA) is 78.2 Å². The molecule has 1 atom stereocenters. The van der Waals surface area contributed by atoms with E-state index in [2.05, 4.69) is 53.4 Å². The molecule has 0 saturated carbocycles. The van der Waals surface area contributed by atoms with Crippen molar-refractivity contribution in [1.82, 2.24) is 14.6 Å². The van der Waals surface area contributed by atoms with Crippen LogP contribution in [0.5, 0.6) is 5.75 Å². The molecule has 0 spiro atoms. The highest BCUT2D eigenvalue weighted by Gasteiger charge is 2.35. The van der Waals surface area contributed by atoms with E-state index in [1.807, 2.05) is 45.9 Å². The molecule has 6 bridgehead atoms. The van der Waals surface area contributed by atoms with Crippen molar-refractivity contribution in [3.05, 3.63) is 88.6 Å². The van der Waals surface area contributed by atoms with Crippen molar-refractivity contribution in [1.29, 1.82) is 0 Å². The number of methoxy groups -OCH3 is 1. The Hall–Kier alpha value is -4.40. The van der Waals surface area contributed by atoms with Gasteiger partial charge in [-0.15, -0.1) is 0 Å². The fourth-order valence-corrected chi connectivity index (χ4v) is 7.30. The summed E-state index contributed by atoms with van der Waals surface area (Å²) in [7, 11) is 1.37. The van der Waals surface area contributed by atoms with Crippen molar-refractivity contribution >= 4 is 28.9 Å². The first kappa shape index (κ1) is 32.2. The van der Waals surface area contributed by atoms with Gasteiger partial charge in [0.25, 0.3) is 0 Å². The van der Waals surface area contributed by atoms with E-state index in [4.69, 9.17) is 35.9 Å². The van der Waals surface area contributed by atoms with Gasteiger partial charge in [-0.05, 0) is 81.8 Å². The smallest absolute Gasteiger partial charge is 0.339 e. The van der Waals surface area contributed by atoms with Crippen LogP contribution in [0.25, 0.3) is 39.3 Å². The molecule has 48 heavy (non-hydrogen) atoms. The van der Waals surface area contributed by atoms with Gasteiger partial charge in [0.15, 0.2) is 11.8 Å². The number of carbonyl (C=O) groups is 1. The van der Waals surface area contributed by atoms with Crippen LogP contribution in [0, 0.1) is 6.92 Å². The van der Waals surface area contributed by atoms with Crippen LogP contribution in [-0.4, -0.2) is 53.0 Å². The standard InChI is InChI=1S/C39H41ClN4O4/c1-24-33(37(38(45)46-5)48-39(2,3)4)35-29-17-18-31-36(34(29)40)43(20-21-47-31)19-10-6-7-12-25-13-8-9-16-28(25)26-14-11-15-27(22-26)30-23-32(41-24)44(35)42-30/h8-9,11,13-18,22-23,37H,6-7,10,12,19-21H2,1-5H3. The summed E-state index contributed by atoms with van der Waals surface area (Å²) in [6.07, 6.45) is 3.13. The summed E-state index contributed by atoms with van der Waals surface area (Å²) in [5.41, 5.74) is 8.78. The fourth-order valence-electron chi connectivity index (χ4n) is 6.94. The van der Waals surface area contributed by atoms with E-state index in [9.17, 15) is 4.79 Å². The van der Waals surface area contributed by atoms with Gasteiger partial charge >= 0.3 is 5.97 Å². The molecule has 4 heterocycles. The molecule has 2 aliphatic rings. The lowest BCUT2D eigenvalue weighted by Crippen LogP contribution is -2.34. The Morgan fingerprint density at radius 2 is 1.77 bits per heavy atom. The van der Waals surface area contributed by atoms with Crippen LogP contribution in [0.3, 0.4) is 0 Å². The molecule has 0 N–H and O–H groups in total. The number of aryl methyl sites for hydroxylation is 2. The van der Waals surface area contributed by atoms with Gasteiger partial charge in [0.05, 0.1) is 41.4 Å². The van der Waals surface area contributed by atoms with Gasteiger partial charge in [-0.1, -0.05) is 60.5 Å². The van der Waals surface area contributed by atoms with Crippen LogP contribution < -0.4 is 9.64 Å². The van der Waals surface area contributed by atoms with Crippen LogP contribution >= 0.6 is 11.6 Å². The highest BCUT2D eigenvalue weighted by atomic mass is 35.5. The van der Waals surface area contributed by atoms with Crippen molar-refractivity contribution in [2.45, 2.75) is 65.1 Å². The number of nitrogens with zero attached hydrogens (tertiary/aromatic N) is 4. The van der Waals surface area contributed by atoms with Gasteiger partial charge in [-0.3, -0.25) is 0 Å². The van der Waals surface area contributed by atoms with Crippen LogP contribution in [-0.2, 0) is 20.7 Å². The predicted molar refractivity (Wildman–Crippen MR) is 190 cm³/mol. The van der Waals surface area contributed by atoms with E-state index in [-0.39, 0.29) is 0 Å². The molecule has 2 aromatic heterocycles. The molecule has 1 unspecified atom stereocenters. The van der Waals surface area contributed by atoms with Crippen molar-refractivity contribution in [2.75, 3.05) is 31.7 Å². The highest BCUT2D eigenvalue weighted by molar-refractivity contribution is 6.36. The molecule has 7 rings (SSSR count). The summed E-state index contributed by atoms with van der Waals surface area (Å²) < 4.78 is 19.7. The van der Waals surface area contributed by atoms with E-state index in [1.165, 1.54) is 18.2 Å². The number of hydrogen-bond acceptors (Lipinski definition) is 7. The molecule has 0 amide bonds. The van der Waals surface area contributed by atoms with Crippen molar-refractivity contribution in [3.63, 3.8) is 0 Å². The number of hydrogen-bond donors (Lipinski definition) is 0. The summed E-state index contributed by atoms with van der Waals surface area (Å²) in [6.45, 7) is 9.80. The first-order valence-corrected chi connectivity index (χ1v) is 17.1. The maximum absolute atomic E-state index is 13.5. The first-order valence-electron chi connectivity index (χ1n) is 16.7. The summed E-state index contributed by atoms with van der Waals surface area (Å²) in [5, 5.41) is 5.70. The minimum absolute atomic E-state index is 0.525. The Morgan fingerprint density at radius 3 is 2.58 bits per heavy atom. The van der Waals surface area contributed by atoms with Crippen molar-refractivity contribution < 1.29 is 19.0 Å². The molecule has 248 valence electrons. The highest BCUT2D eigenvalue weighted by Crippen LogP contribution is 2.47. The molecular weight excluding hydrogens is 624 g/mol. The lowest BCUT2D eigenvalue weighted by atomic mass is 9.94. The molecular formula is C39H41ClN4O4. The summed E-state index contributed by atoms with van der Waals surface area (Å²) >= 11 is 7.44. The van der Waals surface area contributed by atoms with Crippen LogP contribution in [0.1, 0.15) is 63.0 Å². The third-order valence-electron chi connectivity index (χ3n) is 9.11. The maximum atomic E-state index is 13.5. The summed E-state index contributed by atoms with van der Waals surface area (Å²) in [6, 6.07) is 23.1. The third kappa shape index (κ3) is 6.03. The molecule has 5 aromatic rings. The van der Waals surface area contributed by atoms with Crippen LogP contribution in [0.2, 0.25) is 5.02 Å². The number of fused-ring (bicyclic) bond motifs is 8. The Labute approximate surface area is 286 Å². The molecule has 3 aromatic carbocycles. The lowest BCUT2D eigenvalue weighted by Gasteiger charge is -2.33. The van der Waals surface area contributed by atoms with E-state index in [0.29, 0.717) is 39.8 Å². The molecule has 0 aliphatic carbocycles.